The fraction of sp³-hybridized carbons (Fsp3) is 0.562. The second-order valence-corrected chi connectivity index (χ2v) is 8.47. The molecule has 1 heterocycles. The molecule has 1 aliphatic rings. The number of rotatable bonds is 6. The third kappa shape index (κ3) is 5.20. The molecule has 128 valence electrons. The average Bonchev–Trinajstić information content (AvgIpc) is 2.83. The predicted octanol–water partition coefficient (Wildman–Crippen LogP) is 1.88. The quantitative estimate of drug-likeness (QED) is 0.791. The summed E-state index contributed by atoms with van der Waals surface area (Å²) in [7, 11) is -3.06. The van der Waals surface area contributed by atoms with Crippen molar-refractivity contribution in [1.82, 2.24) is 4.90 Å². The summed E-state index contributed by atoms with van der Waals surface area (Å²) in [5.41, 5.74) is 0. The lowest BCUT2D eigenvalue weighted by molar-refractivity contribution is -0.135. The maximum atomic E-state index is 12.8. The van der Waals surface area contributed by atoms with E-state index in [1.54, 1.807) is 4.90 Å². The minimum Gasteiger partial charge on any atom is -0.484 e. The molecular weight excluding hydrogens is 321 g/mol. The van der Waals surface area contributed by atoms with Crippen molar-refractivity contribution in [3.05, 3.63) is 30.1 Å². The minimum absolute atomic E-state index is 0.0159. The molecule has 5 nitrogen and oxygen atoms in total. The first kappa shape index (κ1) is 17.7. The van der Waals surface area contributed by atoms with E-state index < -0.39 is 9.84 Å². The third-order valence-corrected chi connectivity index (χ3v) is 5.46. The van der Waals surface area contributed by atoms with Crippen LogP contribution < -0.4 is 4.74 Å². The van der Waals surface area contributed by atoms with E-state index in [2.05, 4.69) is 0 Å². The molecule has 0 aromatic heterocycles. The van der Waals surface area contributed by atoms with Crippen molar-refractivity contribution in [1.29, 1.82) is 0 Å². The van der Waals surface area contributed by atoms with Gasteiger partial charge in [0.1, 0.15) is 11.6 Å². The summed E-state index contributed by atoms with van der Waals surface area (Å²) in [6.45, 7) is 4.26. The SMILES string of the molecule is CC(C)CN(C(=O)COc1ccc(F)cc1)[C@H]1CCS(=O)(=O)C1. The van der Waals surface area contributed by atoms with Gasteiger partial charge in [-0.2, -0.15) is 0 Å². The van der Waals surface area contributed by atoms with Gasteiger partial charge < -0.3 is 9.64 Å². The smallest absolute Gasteiger partial charge is 0.260 e. The Morgan fingerprint density at radius 3 is 2.52 bits per heavy atom. The molecule has 23 heavy (non-hydrogen) atoms. The van der Waals surface area contributed by atoms with Crippen LogP contribution in [-0.2, 0) is 14.6 Å². The molecule has 0 unspecified atom stereocenters. The molecule has 1 saturated heterocycles. The van der Waals surface area contributed by atoms with Gasteiger partial charge in [-0.05, 0) is 36.6 Å². The van der Waals surface area contributed by atoms with Gasteiger partial charge in [0.15, 0.2) is 16.4 Å². The van der Waals surface area contributed by atoms with E-state index in [0.717, 1.165) is 0 Å². The van der Waals surface area contributed by atoms with Gasteiger partial charge in [-0.25, -0.2) is 12.8 Å². The van der Waals surface area contributed by atoms with Gasteiger partial charge in [0.2, 0.25) is 0 Å². The molecule has 1 amide bonds. The summed E-state index contributed by atoms with van der Waals surface area (Å²) < 4.78 is 41.6. The topological polar surface area (TPSA) is 63.7 Å². The number of benzene rings is 1. The highest BCUT2D eigenvalue weighted by Gasteiger charge is 2.34. The fourth-order valence-corrected chi connectivity index (χ4v) is 4.36. The molecule has 0 bridgehead atoms. The Kier molecular flexibility index (Phi) is 5.62. The third-order valence-electron chi connectivity index (χ3n) is 3.71. The summed E-state index contributed by atoms with van der Waals surface area (Å²) in [5, 5.41) is 0. The number of carbonyl (C=O) groups is 1. The summed E-state index contributed by atoms with van der Waals surface area (Å²) in [4.78, 5) is 14.1. The van der Waals surface area contributed by atoms with Crippen LogP contribution in [-0.4, -0.2) is 49.9 Å². The van der Waals surface area contributed by atoms with Crippen LogP contribution in [0.3, 0.4) is 0 Å². The standard InChI is InChI=1S/C16H22FNO4S/c1-12(2)9-18(14-7-8-23(20,21)11-14)16(19)10-22-15-5-3-13(17)4-6-15/h3-6,12,14H,7-11H2,1-2H3/t14-/m0/s1. The Balaban J connectivity index is 2.00. The number of halogens is 1. The largest absolute Gasteiger partial charge is 0.484 e. The molecule has 0 radical (unpaired) electrons. The van der Waals surface area contributed by atoms with Gasteiger partial charge in [-0.1, -0.05) is 13.8 Å². The average molecular weight is 343 g/mol. The van der Waals surface area contributed by atoms with Crippen LogP contribution in [0.15, 0.2) is 24.3 Å². The number of ether oxygens (including phenoxy) is 1. The molecule has 1 aromatic carbocycles. The van der Waals surface area contributed by atoms with Gasteiger partial charge in [0, 0.05) is 12.6 Å². The monoisotopic (exact) mass is 343 g/mol. The van der Waals surface area contributed by atoms with E-state index in [9.17, 15) is 17.6 Å². The molecule has 0 saturated carbocycles. The van der Waals surface area contributed by atoms with Gasteiger partial charge in [-0.15, -0.1) is 0 Å². The molecular formula is C16H22FNO4S. The summed E-state index contributed by atoms with van der Waals surface area (Å²) in [5.74, 6) is 0.156. The molecule has 1 aromatic rings. The highest BCUT2D eigenvalue weighted by atomic mass is 32.2. The fourth-order valence-electron chi connectivity index (χ4n) is 2.63. The second-order valence-electron chi connectivity index (χ2n) is 6.24. The lowest BCUT2D eigenvalue weighted by Gasteiger charge is -2.29. The molecule has 0 spiro atoms. The molecule has 0 N–H and O–H groups in total. The Morgan fingerprint density at radius 1 is 1.35 bits per heavy atom. The number of nitrogens with zero attached hydrogens (tertiary/aromatic N) is 1. The maximum Gasteiger partial charge on any atom is 0.260 e. The summed E-state index contributed by atoms with van der Waals surface area (Å²) in [6, 6.07) is 5.14. The molecule has 0 aliphatic carbocycles. The highest BCUT2D eigenvalue weighted by molar-refractivity contribution is 7.91. The molecule has 1 atom stereocenters. The maximum absolute atomic E-state index is 12.8. The molecule has 2 rings (SSSR count). The van der Waals surface area contributed by atoms with Gasteiger partial charge >= 0.3 is 0 Å². The molecule has 1 fully saturated rings. The number of carbonyl (C=O) groups excluding carboxylic acids is 1. The first-order valence-electron chi connectivity index (χ1n) is 7.65. The van der Waals surface area contributed by atoms with Crippen LogP contribution in [0.1, 0.15) is 20.3 Å². The Labute approximate surface area is 136 Å². The van der Waals surface area contributed by atoms with Crippen molar-refractivity contribution < 1.29 is 22.3 Å². The van der Waals surface area contributed by atoms with Gasteiger partial charge in [-0.3, -0.25) is 4.79 Å². The van der Waals surface area contributed by atoms with Crippen molar-refractivity contribution in [2.75, 3.05) is 24.7 Å². The van der Waals surface area contributed by atoms with Gasteiger partial charge in [0.05, 0.1) is 11.5 Å². The van der Waals surface area contributed by atoms with E-state index in [4.69, 9.17) is 4.74 Å². The van der Waals surface area contributed by atoms with Gasteiger partial charge in [0.25, 0.3) is 5.91 Å². The zero-order valence-corrected chi connectivity index (χ0v) is 14.2. The van der Waals surface area contributed by atoms with Crippen LogP contribution in [0.2, 0.25) is 0 Å². The van der Waals surface area contributed by atoms with E-state index >= 15 is 0 Å². The van der Waals surface area contributed by atoms with E-state index in [-0.39, 0.29) is 41.8 Å². The van der Waals surface area contributed by atoms with E-state index in [1.165, 1.54) is 24.3 Å². The molecule has 7 heteroatoms. The summed E-state index contributed by atoms with van der Waals surface area (Å²) >= 11 is 0. The predicted molar refractivity (Wildman–Crippen MR) is 85.5 cm³/mol. The van der Waals surface area contributed by atoms with Crippen LogP contribution in [0.25, 0.3) is 0 Å². The number of amides is 1. The lowest BCUT2D eigenvalue weighted by Crippen LogP contribution is -2.45. The number of sulfone groups is 1. The van der Waals surface area contributed by atoms with Crippen molar-refractivity contribution >= 4 is 15.7 Å². The second kappa shape index (κ2) is 7.29. The van der Waals surface area contributed by atoms with Crippen LogP contribution >= 0.6 is 0 Å². The van der Waals surface area contributed by atoms with Crippen LogP contribution in [0.4, 0.5) is 4.39 Å². The Hall–Kier alpha value is -1.63. The zero-order valence-electron chi connectivity index (χ0n) is 13.4. The Morgan fingerprint density at radius 2 is 2.00 bits per heavy atom. The van der Waals surface area contributed by atoms with Crippen LogP contribution in [0, 0.1) is 11.7 Å². The summed E-state index contributed by atoms with van der Waals surface area (Å²) in [6.07, 6.45) is 0.470. The highest BCUT2D eigenvalue weighted by Crippen LogP contribution is 2.20. The number of hydrogen-bond donors (Lipinski definition) is 0. The Bertz CT molecular complexity index is 643. The molecule has 1 aliphatic heterocycles. The minimum atomic E-state index is -3.06. The van der Waals surface area contributed by atoms with E-state index in [1.807, 2.05) is 13.8 Å². The first-order chi connectivity index (χ1) is 10.8. The first-order valence-corrected chi connectivity index (χ1v) is 9.47. The van der Waals surface area contributed by atoms with Crippen molar-refractivity contribution in [3.8, 4) is 5.75 Å². The zero-order chi connectivity index (χ0) is 17.0. The van der Waals surface area contributed by atoms with Crippen LogP contribution in [0.5, 0.6) is 5.75 Å². The van der Waals surface area contributed by atoms with E-state index in [0.29, 0.717) is 18.7 Å². The van der Waals surface area contributed by atoms with Crippen molar-refractivity contribution in [2.24, 2.45) is 5.92 Å². The van der Waals surface area contributed by atoms with Crippen molar-refractivity contribution in [3.63, 3.8) is 0 Å². The number of hydrogen-bond acceptors (Lipinski definition) is 4. The van der Waals surface area contributed by atoms with Crippen molar-refractivity contribution in [2.45, 2.75) is 26.3 Å². The lowest BCUT2D eigenvalue weighted by atomic mass is 10.1. The normalized spacial score (nSPS) is 19.7.